The Kier molecular flexibility index (Phi) is 6.80. The highest BCUT2D eigenvalue weighted by atomic mass is 16.5. The fraction of sp³-hybridized carbons (Fsp3) is 0.500. The monoisotopic (exact) mass is 267 g/mol. The van der Waals surface area contributed by atoms with Crippen LogP contribution in [0.25, 0.3) is 0 Å². The number of aromatic nitrogens is 1. The van der Waals surface area contributed by atoms with E-state index in [0.717, 1.165) is 6.54 Å². The van der Waals surface area contributed by atoms with Crippen LogP contribution in [0.1, 0.15) is 10.4 Å². The number of carbonyl (C=O) groups excluding carboxylic acids is 1. The summed E-state index contributed by atoms with van der Waals surface area (Å²) in [6.45, 7) is 2.43. The van der Waals surface area contributed by atoms with Crippen molar-refractivity contribution in [2.45, 2.75) is 0 Å². The minimum absolute atomic E-state index is 0.225. The molecule has 0 bridgehead atoms. The summed E-state index contributed by atoms with van der Waals surface area (Å²) in [6, 6.07) is 1.64. The molecule has 0 aliphatic rings. The molecule has 7 heteroatoms. The number of nitrogens with zero attached hydrogens (tertiary/aromatic N) is 2. The molecule has 1 aromatic heterocycles. The Hall–Kier alpha value is -1.70. The Bertz CT molecular complexity index is 397. The normalized spacial score (nSPS) is 10.5. The molecule has 0 radical (unpaired) electrons. The first kappa shape index (κ1) is 15.4. The maximum absolute atomic E-state index is 11.9. The largest absolute Gasteiger partial charge is 0.378 e. The van der Waals surface area contributed by atoms with Crippen LogP contribution in [0.15, 0.2) is 18.5 Å². The van der Waals surface area contributed by atoms with E-state index in [0.29, 0.717) is 31.0 Å². The third-order valence-corrected chi connectivity index (χ3v) is 2.44. The molecule has 0 aromatic carbocycles. The number of rotatable bonds is 8. The number of nitrogen functional groups attached to an aromatic ring is 1. The molecule has 7 nitrogen and oxygen atoms in total. The molecule has 0 atom stereocenters. The quantitative estimate of drug-likeness (QED) is 0.339. The van der Waals surface area contributed by atoms with E-state index in [9.17, 15) is 4.79 Å². The number of likely N-dealkylation sites (N-methyl/N-ethyl adjacent to an activating group) is 1. The van der Waals surface area contributed by atoms with Gasteiger partial charge in [-0.15, -0.1) is 0 Å². The average Bonchev–Trinajstić information content (AvgIpc) is 2.42. The summed E-state index contributed by atoms with van der Waals surface area (Å²) in [7, 11) is 3.96. The summed E-state index contributed by atoms with van der Waals surface area (Å²) < 4.78 is 5.37. The lowest BCUT2D eigenvalue weighted by Crippen LogP contribution is -2.29. The highest BCUT2D eigenvalue weighted by molar-refractivity contribution is 5.99. The highest BCUT2D eigenvalue weighted by Crippen LogP contribution is 2.10. The van der Waals surface area contributed by atoms with Gasteiger partial charge < -0.3 is 20.4 Å². The smallest absolute Gasteiger partial charge is 0.255 e. The van der Waals surface area contributed by atoms with E-state index in [1.807, 2.05) is 19.0 Å². The number of anilines is 1. The van der Waals surface area contributed by atoms with Crippen LogP contribution in [-0.4, -0.2) is 56.2 Å². The second-order valence-electron chi connectivity index (χ2n) is 4.24. The summed E-state index contributed by atoms with van der Waals surface area (Å²) in [5.74, 6) is 5.10. The van der Waals surface area contributed by atoms with Crippen molar-refractivity contribution in [2.24, 2.45) is 5.84 Å². The summed E-state index contributed by atoms with van der Waals surface area (Å²) in [4.78, 5) is 17.8. The number of ether oxygens (including phenoxy) is 1. The summed E-state index contributed by atoms with van der Waals surface area (Å²) in [5, 5.41) is 2.75. The van der Waals surface area contributed by atoms with Crippen molar-refractivity contribution >= 4 is 11.6 Å². The maximum atomic E-state index is 11.9. The molecule has 0 aliphatic heterocycles. The van der Waals surface area contributed by atoms with E-state index in [4.69, 9.17) is 10.6 Å². The summed E-state index contributed by atoms with van der Waals surface area (Å²) in [6.07, 6.45) is 3.04. The predicted octanol–water partition coefficient (Wildman–Crippen LogP) is -0.325. The van der Waals surface area contributed by atoms with Gasteiger partial charge in [0.25, 0.3) is 5.91 Å². The zero-order valence-corrected chi connectivity index (χ0v) is 11.3. The van der Waals surface area contributed by atoms with Crippen molar-refractivity contribution in [1.82, 2.24) is 15.2 Å². The van der Waals surface area contributed by atoms with E-state index in [1.54, 1.807) is 12.3 Å². The lowest BCUT2D eigenvalue weighted by Gasteiger charge is -2.11. The van der Waals surface area contributed by atoms with Gasteiger partial charge in [0, 0.05) is 25.5 Å². The molecule has 106 valence electrons. The molecule has 0 unspecified atom stereocenters. The molecule has 0 spiro atoms. The van der Waals surface area contributed by atoms with E-state index in [2.05, 4.69) is 15.7 Å². The van der Waals surface area contributed by atoms with Crippen molar-refractivity contribution in [3.63, 3.8) is 0 Å². The van der Waals surface area contributed by atoms with Gasteiger partial charge in [0.15, 0.2) is 0 Å². The first-order valence-corrected chi connectivity index (χ1v) is 6.06. The van der Waals surface area contributed by atoms with Crippen LogP contribution >= 0.6 is 0 Å². The van der Waals surface area contributed by atoms with Crippen LogP contribution in [-0.2, 0) is 4.74 Å². The Morgan fingerprint density at radius 3 is 2.95 bits per heavy atom. The average molecular weight is 267 g/mol. The van der Waals surface area contributed by atoms with E-state index in [-0.39, 0.29) is 5.91 Å². The molecule has 0 saturated heterocycles. The van der Waals surface area contributed by atoms with E-state index in [1.165, 1.54) is 6.20 Å². The zero-order valence-electron chi connectivity index (χ0n) is 11.3. The van der Waals surface area contributed by atoms with E-state index < -0.39 is 0 Å². The van der Waals surface area contributed by atoms with Crippen LogP contribution in [0.5, 0.6) is 0 Å². The first-order valence-electron chi connectivity index (χ1n) is 6.06. The van der Waals surface area contributed by atoms with Crippen molar-refractivity contribution in [2.75, 3.05) is 45.8 Å². The number of carbonyl (C=O) groups is 1. The van der Waals surface area contributed by atoms with Crippen molar-refractivity contribution in [3.8, 4) is 0 Å². The summed E-state index contributed by atoms with van der Waals surface area (Å²) >= 11 is 0. The van der Waals surface area contributed by atoms with Crippen LogP contribution in [0, 0.1) is 0 Å². The van der Waals surface area contributed by atoms with Crippen LogP contribution in [0.2, 0.25) is 0 Å². The molecule has 1 aromatic rings. The Labute approximate surface area is 113 Å². The van der Waals surface area contributed by atoms with Gasteiger partial charge in [0.2, 0.25) is 0 Å². The van der Waals surface area contributed by atoms with Gasteiger partial charge in [0.1, 0.15) is 0 Å². The van der Waals surface area contributed by atoms with Gasteiger partial charge in [-0.25, -0.2) is 0 Å². The zero-order chi connectivity index (χ0) is 14.1. The van der Waals surface area contributed by atoms with Crippen molar-refractivity contribution < 1.29 is 9.53 Å². The van der Waals surface area contributed by atoms with Gasteiger partial charge in [-0.05, 0) is 20.2 Å². The number of hydrazine groups is 1. The van der Waals surface area contributed by atoms with Crippen LogP contribution < -0.4 is 16.6 Å². The highest BCUT2D eigenvalue weighted by Gasteiger charge is 2.09. The standard InChI is InChI=1S/C12H21N5O2/c1-17(2)6-8-19-7-5-15-12(18)10-9-14-4-3-11(10)16-13/h3-4,9H,5-8,13H2,1-2H3,(H,14,16)(H,15,18). The fourth-order valence-electron chi connectivity index (χ4n) is 1.38. The summed E-state index contributed by atoms with van der Waals surface area (Å²) in [5.41, 5.74) is 3.42. The lowest BCUT2D eigenvalue weighted by molar-refractivity contribution is 0.0900. The molecule has 1 rings (SSSR count). The Balaban J connectivity index is 2.28. The Morgan fingerprint density at radius 2 is 2.26 bits per heavy atom. The molecule has 4 N–H and O–H groups in total. The number of nitrogens with two attached hydrogens (primary N) is 1. The minimum atomic E-state index is -0.225. The molecule has 1 heterocycles. The van der Waals surface area contributed by atoms with Gasteiger partial charge in [-0.1, -0.05) is 0 Å². The van der Waals surface area contributed by atoms with Crippen LogP contribution in [0.3, 0.4) is 0 Å². The lowest BCUT2D eigenvalue weighted by atomic mass is 10.2. The number of pyridine rings is 1. The number of hydrogen-bond donors (Lipinski definition) is 3. The van der Waals surface area contributed by atoms with Crippen LogP contribution in [0.4, 0.5) is 5.69 Å². The number of hydrogen-bond acceptors (Lipinski definition) is 6. The molecule has 0 fully saturated rings. The number of amides is 1. The van der Waals surface area contributed by atoms with Gasteiger partial charge >= 0.3 is 0 Å². The van der Waals surface area contributed by atoms with Crippen molar-refractivity contribution in [3.05, 3.63) is 24.0 Å². The van der Waals surface area contributed by atoms with E-state index >= 15 is 0 Å². The second-order valence-corrected chi connectivity index (χ2v) is 4.24. The maximum Gasteiger partial charge on any atom is 0.255 e. The van der Waals surface area contributed by atoms with Gasteiger partial charge in [-0.3, -0.25) is 15.6 Å². The molecular weight excluding hydrogens is 246 g/mol. The molecule has 19 heavy (non-hydrogen) atoms. The number of nitrogens with one attached hydrogen (secondary N) is 2. The SMILES string of the molecule is CN(C)CCOCCNC(=O)c1cnccc1NN. The molecule has 0 saturated carbocycles. The predicted molar refractivity (Wildman–Crippen MR) is 73.8 cm³/mol. The molecular formula is C12H21N5O2. The third kappa shape index (κ3) is 5.64. The van der Waals surface area contributed by atoms with Gasteiger partial charge in [-0.2, -0.15) is 0 Å². The van der Waals surface area contributed by atoms with Gasteiger partial charge in [0.05, 0.1) is 24.5 Å². The van der Waals surface area contributed by atoms with Crippen molar-refractivity contribution in [1.29, 1.82) is 0 Å². The fourth-order valence-corrected chi connectivity index (χ4v) is 1.38. The third-order valence-electron chi connectivity index (χ3n) is 2.44. The molecule has 1 amide bonds. The molecule has 0 aliphatic carbocycles. The second kappa shape index (κ2) is 8.41. The minimum Gasteiger partial charge on any atom is -0.378 e. The Morgan fingerprint density at radius 1 is 1.47 bits per heavy atom. The topological polar surface area (TPSA) is 92.5 Å². The first-order chi connectivity index (χ1) is 9.15.